The van der Waals surface area contributed by atoms with Gasteiger partial charge in [-0.05, 0) is 42.9 Å². The summed E-state index contributed by atoms with van der Waals surface area (Å²) in [5.41, 5.74) is 0.402. The lowest BCUT2D eigenvalue weighted by Gasteiger charge is -2.41. The minimum absolute atomic E-state index is 0.0197. The number of piperidine rings is 1. The maximum absolute atomic E-state index is 13.0. The summed E-state index contributed by atoms with van der Waals surface area (Å²) < 4.78 is 27.1. The summed E-state index contributed by atoms with van der Waals surface area (Å²) >= 11 is 6.19. The lowest BCUT2D eigenvalue weighted by molar-refractivity contribution is 0.0520. The summed E-state index contributed by atoms with van der Waals surface area (Å²) in [4.78, 5) is 15.0. The molecule has 2 fully saturated rings. The normalized spacial score (nSPS) is 23.3. The number of halogens is 1. The van der Waals surface area contributed by atoms with Crippen LogP contribution in [0.2, 0.25) is 5.02 Å². The van der Waals surface area contributed by atoms with E-state index >= 15 is 0 Å². The van der Waals surface area contributed by atoms with E-state index in [4.69, 9.17) is 11.6 Å². The van der Waals surface area contributed by atoms with E-state index in [1.54, 1.807) is 19.9 Å². The van der Waals surface area contributed by atoms with Crippen molar-refractivity contribution in [3.05, 3.63) is 28.8 Å². The molecule has 0 spiro atoms. The summed E-state index contributed by atoms with van der Waals surface area (Å²) in [7, 11) is -3.71. The number of sulfonamides is 1. The standard InChI is InChI=1S/C20H29ClN2O3S/c1-3-23(4-2)27(25,26)19-13-16(9-10-18(19)21)20(24)22-12-11-15-7-5-6-8-17(15)14-22/h9-10,13,15,17H,3-8,11-12,14H2,1-2H3/t15-,17-/m1/s1. The lowest BCUT2D eigenvalue weighted by atomic mass is 9.75. The van der Waals surface area contributed by atoms with Crippen molar-refractivity contribution in [1.82, 2.24) is 9.21 Å². The van der Waals surface area contributed by atoms with Gasteiger partial charge in [-0.15, -0.1) is 0 Å². The molecule has 1 aliphatic heterocycles. The number of rotatable bonds is 5. The first kappa shape index (κ1) is 20.6. The van der Waals surface area contributed by atoms with E-state index in [-0.39, 0.29) is 15.8 Å². The summed E-state index contributed by atoms with van der Waals surface area (Å²) in [6, 6.07) is 4.61. The van der Waals surface area contributed by atoms with Crippen molar-refractivity contribution in [2.24, 2.45) is 11.8 Å². The Bertz CT molecular complexity index is 792. The predicted molar refractivity (Wildman–Crippen MR) is 108 cm³/mol. The summed E-state index contributed by atoms with van der Waals surface area (Å²) in [5, 5.41) is 0.157. The maximum Gasteiger partial charge on any atom is 0.253 e. The molecular formula is C20H29ClN2O3S. The molecule has 2 aliphatic rings. The topological polar surface area (TPSA) is 57.7 Å². The summed E-state index contributed by atoms with van der Waals surface area (Å²) in [6.07, 6.45) is 6.07. The molecule has 1 heterocycles. The lowest BCUT2D eigenvalue weighted by Crippen LogP contribution is -2.44. The minimum atomic E-state index is -3.71. The second-order valence-electron chi connectivity index (χ2n) is 7.58. The van der Waals surface area contributed by atoms with E-state index in [0.717, 1.165) is 25.4 Å². The Kier molecular flexibility index (Phi) is 6.49. The molecule has 1 amide bonds. The van der Waals surface area contributed by atoms with Crippen LogP contribution >= 0.6 is 11.6 Å². The first-order valence-electron chi connectivity index (χ1n) is 9.97. The molecule has 3 rings (SSSR count). The number of nitrogens with zero attached hydrogens (tertiary/aromatic N) is 2. The number of hydrogen-bond donors (Lipinski definition) is 0. The third kappa shape index (κ3) is 4.17. The molecule has 150 valence electrons. The SMILES string of the molecule is CCN(CC)S(=O)(=O)c1cc(C(=O)N2CC[C@H]3CCCC[C@@H]3C2)ccc1Cl. The monoisotopic (exact) mass is 412 g/mol. The molecular weight excluding hydrogens is 384 g/mol. The van der Waals surface area contributed by atoms with Crippen LogP contribution in [-0.4, -0.2) is 49.7 Å². The highest BCUT2D eigenvalue weighted by Gasteiger charge is 2.34. The minimum Gasteiger partial charge on any atom is -0.338 e. The van der Waals surface area contributed by atoms with Crippen molar-refractivity contribution in [3.8, 4) is 0 Å². The number of carbonyl (C=O) groups excluding carboxylic acids is 1. The molecule has 2 atom stereocenters. The second-order valence-corrected chi connectivity index (χ2v) is 9.89. The van der Waals surface area contributed by atoms with Crippen LogP contribution < -0.4 is 0 Å². The highest BCUT2D eigenvalue weighted by molar-refractivity contribution is 7.89. The fourth-order valence-electron chi connectivity index (χ4n) is 4.50. The van der Waals surface area contributed by atoms with Crippen molar-refractivity contribution < 1.29 is 13.2 Å². The van der Waals surface area contributed by atoms with E-state index in [1.165, 1.54) is 42.1 Å². The van der Waals surface area contributed by atoms with Gasteiger partial charge in [0.05, 0.1) is 5.02 Å². The number of amides is 1. The van der Waals surface area contributed by atoms with Crippen LogP contribution in [0.3, 0.4) is 0 Å². The highest BCUT2D eigenvalue weighted by Crippen LogP contribution is 2.36. The van der Waals surface area contributed by atoms with E-state index in [9.17, 15) is 13.2 Å². The van der Waals surface area contributed by atoms with Crippen molar-refractivity contribution >= 4 is 27.5 Å². The van der Waals surface area contributed by atoms with Gasteiger partial charge in [0.2, 0.25) is 10.0 Å². The smallest absolute Gasteiger partial charge is 0.253 e. The highest BCUT2D eigenvalue weighted by atomic mass is 35.5. The molecule has 1 saturated heterocycles. The van der Waals surface area contributed by atoms with Crippen LogP contribution in [0.4, 0.5) is 0 Å². The predicted octanol–water partition coefficient (Wildman–Crippen LogP) is 4.02. The first-order valence-corrected chi connectivity index (χ1v) is 11.8. The molecule has 1 aromatic carbocycles. The van der Waals surface area contributed by atoms with Gasteiger partial charge in [0.1, 0.15) is 4.90 Å². The zero-order valence-electron chi connectivity index (χ0n) is 16.2. The van der Waals surface area contributed by atoms with Crippen molar-refractivity contribution in [3.63, 3.8) is 0 Å². The average molecular weight is 413 g/mol. The molecule has 1 aromatic rings. The Morgan fingerprint density at radius 2 is 1.81 bits per heavy atom. The molecule has 0 aromatic heterocycles. The Morgan fingerprint density at radius 1 is 1.15 bits per heavy atom. The molecule has 0 N–H and O–H groups in total. The van der Waals surface area contributed by atoms with Crippen LogP contribution in [0.5, 0.6) is 0 Å². The zero-order valence-corrected chi connectivity index (χ0v) is 17.7. The largest absolute Gasteiger partial charge is 0.338 e. The number of fused-ring (bicyclic) bond motifs is 1. The van der Waals surface area contributed by atoms with Gasteiger partial charge in [-0.3, -0.25) is 4.79 Å². The molecule has 0 radical (unpaired) electrons. The van der Waals surface area contributed by atoms with Crippen molar-refractivity contribution in [2.75, 3.05) is 26.2 Å². The van der Waals surface area contributed by atoms with Gasteiger partial charge in [-0.1, -0.05) is 44.7 Å². The Hall–Kier alpha value is -1.11. The Labute approximate surface area is 167 Å². The third-order valence-corrected chi connectivity index (χ3v) is 8.61. The van der Waals surface area contributed by atoms with Gasteiger partial charge in [0.25, 0.3) is 5.91 Å². The molecule has 27 heavy (non-hydrogen) atoms. The van der Waals surface area contributed by atoms with Crippen LogP contribution in [0.1, 0.15) is 56.3 Å². The maximum atomic E-state index is 13.0. The summed E-state index contributed by atoms with van der Waals surface area (Å²) in [5.74, 6) is 1.24. The van der Waals surface area contributed by atoms with E-state index in [2.05, 4.69) is 0 Å². The van der Waals surface area contributed by atoms with E-state index < -0.39 is 10.0 Å². The van der Waals surface area contributed by atoms with Gasteiger partial charge < -0.3 is 4.90 Å². The van der Waals surface area contributed by atoms with Crippen molar-refractivity contribution in [1.29, 1.82) is 0 Å². The van der Waals surface area contributed by atoms with Gasteiger partial charge in [0, 0.05) is 31.7 Å². The molecule has 1 saturated carbocycles. The zero-order chi connectivity index (χ0) is 19.6. The van der Waals surface area contributed by atoms with Gasteiger partial charge >= 0.3 is 0 Å². The van der Waals surface area contributed by atoms with E-state index in [1.807, 2.05) is 4.90 Å². The van der Waals surface area contributed by atoms with E-state index in [0.29, 0.717) is 24.6 Å². The number of carbonyl (C=O) groups is 1. The number of hydrogen-bond acceptors (Lipinski definition) is 3. The number of benzene rings is 1. The fourth-order valence-corrected chi connectivity index (χ4v) is 6.46. The third-order valence-electron chi connectivity index (χ3n) is 6.08. The van der Waals surface area contributed by atoms with Crippen molar-refractivity contribution in [2.45, 2.75) is 50.8 Å². The second kappa shape index (κ2) is 8.50. The van der Waals surface area contributed by atoms with Gasteiger partial charge in [-0.2, -0.15) is 4.31 Å². The van der Waals surface area contributed by atoms with Crippen LogP contribution in [-0.2, 0) is 10.0 Å². The Morgan fingerprint density at radius 3 is 2.48 bits per heavy atom. The fraction of sp³-hybridized carbons (Fsp3) is 0.650. The molecule has 1 aliphatic carbocycles. The van der Waals surface area contributed by atoms with Crippen LogP contribution in [0, 0.1) is 11.8 Å². The summed E-state index contributed by atoms with van der Waals surface area (Å²) in [6.45, 7) is 5.84. The quantitative estimate of drug-likeness (QED) is 0.733. The first-order chi connectivity index (χ1) is 12.9. The molecule has 0 bridgehead atoms. The molecule has 7 heteroatoms. The van der Waals surface area contributed by atoms with Crippen LogP contribution in [0.15, 0.2) is 23.1 Å². The van der Waals surface area contributed by atoms with Crippen LogP contribution in [0.25, 0.3) is 0 Å². The molecule has 5 nitrogen and oxygen atoms in total. The Balaban J connectivity index is 1.84. The molecule has 0 unspecified atom stereocenters. The number of likely N-dealkylation sites (tertiary alicyclic amines) is 1. The average Bonchev–Trinajstić information content (AvgIpc) is 2.68. The van der Waals surface area contributed by atoms with Gasteiger partial charge in [-0.25, -0.2) is 8.42 Å². The van der Waals surface area contributed by atoms with Gasteiger partial charge in [0.15, 0.2) is 0 Å².